The third-order valence-electron chi connectivity index (χ3n) is 2.95. The maximum atomic E-state index is 12.0. The fourth-order valence-corrected chi connectivity index (χ4v) is 2.67. The van der Waals surface area contributed by atoms with E-state index in [1.165, 1.54) is 18.4 Å². The van der Waals surface area contributed by atoms with Crippen molar-refractivity contribution in [2.24, 2.45) is 0 Å². The largest absolute Gasteiger partial charge is 0.481 e. The zero-order valence-corrected chi connectivity index (χ0v) is 12.2. The predicted octanol–water partition coefficient (Wildman–Crippen LogP) is 3.17. The van der Waals surface area contributed by atoms with Gasteiger partial charge in [-0.2, -0.15) is 0 Å². The molecular formula is C16H14O4S. The van der Waals surface area contributed by atoms with Gasteiger partial charge in [-0.15, -0.1) is 11.3 Å². The van der Waals surface area contributed by atoms with Gasteiger partial charge in [0.25, 0.3) is 0 Å². The minimum absolute atomic E-state index is 0.110. The molecule has 0 saturated carbocycles. The Bertz CT molecular complexity index is 644. The SMILES string of the molecule is COC(=O)/C(=C/c1cccs1)C(C(=O)O)c1ccccc1. The number of aliphatic carboxylic acids is 1. The van der Waals surface area contributed by atoms with Crippen LogP contribution in [0.15, 0.2) is 53.4 Å². The molecule has 0 aliphatic rings. The van der Waals surface area contributed by atoms with Crippen LogP contribution in [-0.2, 0) is 14.3 Å². The highest BCUT2D eigenvalue weighted by molar-refractivity contribution is 7.10. The van der Waals surface area contributed by atoms with Crippen molar-refractivity contribution in [2.75, 3.05) is 7.11 Å². The Morgan fingerprint density at radius 3 is 2.43 bits per heavy atom. The van der Waals surface area contributed by atoms with E-state index in [9.17, 15) is 14.7 Å². The number of thiophene rings is 1. The van der Waals surface area contributed by atoms with Crippen LogP contribution in [0, 0.1) is 0 Å². The molecule has 1 heterocycles. The molecule has 0 radical (unpaired) electrons. The summed E-state index contributed by atoms with van der Waals surface area (Å²) in [7, 11) is 1.24. The molecule has 2 rings (SSSR count). The van der Waals surface area contributed by atoms with Gasteiger partial charge in [0, 0.05) is 4.88 Å². The number of esters is 1. The molecule has 1 unspecified atom stereocenters. The third-order valence-corrected chi connectivity index (χ3v) is 3.77. The van der Waals surface area contributed by atoms with Gasteiger partial charge >= 0.3 is 11.9 Å². The highest BCUT2D eigenvalue weighted by Gasteiger charge is 2.29. The van der Waals surface area contributed by atoms with Gasteiger partial charge in [-0.3, -0.25) is 4.79 Å². The summed E-state index contributed by atoms with van der Waals surface area (Å²) in [5.41, 5.74) is 0.650. The highest BCUT2D eigenvalue weighted by atomic mass is 32.1. The number of carboxylic acid groups (broad SMARTS) is 1. The van der Waals surface area contributed by atoms with Crippen LogP contribution in [0.4, 0.5) is 0 Å². The van der Waals surface area contributed by atoms with Gasteiger partial charge < -0.3 is 9.84 Å². The van der Waals surface area contributed by atoms with Crippen molar-refractivity contribution in [2.45, 2.75) is 5.92 Å². The molecule has 108 valence electrons. The molecule has 5 heteroatoms. The lowest BCUT2D eigenvalue weighted by molar-refractivity contribution is -0.142. The molecule has 1 N–H and O–H groups in total. The first-order valence-electron chi connectivity index (χ1n) is 6.24. The normalized spacial score (nSPS) is 12.7. The second-order valence-electron chi connectivity index (χ2n) is 4.29. The average molecular weight is 302 g/mol. The maximum absolute atomic E-state index is 12.0. The number of ether oxygens (including phenoxy) is 1. The molecule has 0 bridgehead atoms. The second kappa shape index (κ2) is 6.85. The lowest BCUT2D eigenvalue weighted by Gasteiger charge is -2.15. The van der Waals surface area contributed by atoms with Gasteiger partial charge in [0.15, 0.2) is 0 Å². The van der Waals surface area contributed by atoms with Crippen LogP contribution < -0.4 is 0 Å². The molecule has 0 fully saturated rings. The van der Waals surface area contributed by atoms with Crippen molar-refractivity contribution in [3.8, 4) is 0 Å². The van der Waals surface area contributed by atoms with Gasteiger partial charge in [-0.25, -0.2) is 4.79 Å². The van der Waals surface area contributed by atoms with Crippen LogP contribution in [0.1, 0.15) is 16.4 Å². The second-order valence-corrected chi connectivity index (χ2v) is 5.27. The van der Waals surface area contributed by atoms with E-state index < -0.39 is 17.9 Å². The first-order chi connectivity index (χ1) is 10.1. The lowest BCUT2D eigenvalue weighted by atomic mass is 9.90. The van der Waals surface area contributed by atoms with Crippen LogP contribution >= 0.6 is 11.3 Å². The molecule has 1 aromatic heterocycles. The molecule has 0 aliphatic heterocycles. The number of methoxy groups -OCH3 is 1. The van der Waals surface area contributed by atoms with E-state index in [0.717, 1.165) is 4.88 Å². The zero-order valence-electron chi connectivity index (χ0n) is 11.4. The molecule has 2 aromatic rings. The van der Waals surface area contributed by atoms with Crippen molar-refractivity contribution in [1.82, 2.24) is 0 Å². The number of carboxylic acids is 1. The summed E-state index contributed by atoms with van der Waals surface area (Å²) in [4.78, 5) is 24.5. The van der Waals surface area contributed by atoms with E-state index in [1.54, 1.807) is 36.4 Å². The predicted molar refractivity (Wildman–Crippen MR) is 81.1 cm³/mol. The number of carbonyl (C=O) groups is 2. The molecule has 1 atom stereocenters. The standard InChI is InChI=1S/C16H14O4S/c1-20-16(19)13(10-12-8-5-9-21-12)14(15(17)18)11-6-3-2-4-7-11/h2-10,14H,1H3,(H,17,18)/b13-10+. The summed E-state index contributed by atoms with van der Waals surface area (Å²) < 4.78 is 4.75. The first kappa shape index (κ1) is 15.0. The summed E-state index contributed by atoms with van der Waals surface area (Å²) in [6.07, 6.45) is 1.57. The Kier molecular flexibility index (Phi) is 4.90. The Morgan fingerprint density at radius 1 is 1.19 bits per heavy atom. The van der Waals surface area contributed by atoms with Gasteiger partial charge in [-0.05, 0) is 23.1 Å². The van der Waals surface area contributed by atoms with Crippen LogP contribution in [0.3, 0.4) is 0 Å². The van der Waals surface area contributed by atoms with Crippen LogP contribution in [-0.4, -0.2) is 24.2 Å². The Hall–Kier alpha value is -2.40. The van der Waals surface area contributed by atoms with Gasteiger partial charge in [0.2, 0.25) is 0 Å². The summed E-state index contributed by atoms with van der Waals surface area (Å²) in [5, 5.41) is 11.4. The van der Waals surface area contributed by atoms with Gasteiger partial charge in [0.1, 0.15) is 5.92 Å². The van der Waals surface area contributed by atoms with E-state index in [-0.39, 0.29) is 5.57 Å². The van der Waals surface area contributed by atoms with E-state index >= 15 is 0 Å². The van der Waals surface area contributed by atoms with Crippen molar-refractivity contribution in [3.05, 3.63) is 63.9 Å². The minimum Gasteiger partial charge on any atom is -0.481 e. The molecule has 0 spiro atoms. The monoisotopic (exact) mass is 302 g/mol. The fourth-order valence-electron chi connectivity index (χ4n) is 2.01. The molecule has 4 nitrogen and oxygen atoms in total. The van der Waals surface area contributed by atoms with Crippen molar-refractivity contribution >= 4 is 29.4 Å². The number of rotatable bonds is 5. The van der Waals surface area contributed by atoms with Gasteiger partial charge in [0.05, 0.1) is 12.7 Å². The van der Waals surface area contributed by atoms with Crippen molar-refractivity contribution in [1.29, 1.82) is 0 Å². The minimum atomic E-state index is -1.09. The average Bonchev–Trinajstić information content (AvgIpc) is 2.99. The van der Waals surface area contributed by atoms with E-state index in [4.69, 9.17) is 4.74 Å². The highest BCUT2D eigenvalue weighted by Crippen LogP contribution is 2.28. The maximum Gasteiger partial charge on any atom is 0.335 e. The summed E-state index contributed by atoms with van der Waals surface area (Å²) in [5.74, 6) is -2.78. The van der Waals surface area contributed by atoms with E-state index in [1.807, 2.05) is 17.5 Å². The molecule has 1 aromatic carbocycles. The Balaban J connectivity index is 2.51. The zero-order chi connectivity index (χ0) is 15.2. The summed E-state index contributed by atoms with van der Waals surface area (Å²) in [6, 6.07) is 12.3. The third kappa shape index (κ3) is 3.58. The Labute approximate surface area is 126 Å². The van der Waals surface area contributed by atoms with Crippen molar-refractivity contribution < 1.29 is 19.4 Å². The topological polar surface area (TPSA) is 63.6 Å². The molecule has 0 amide bonds. The number of hydrogen-bond donors (Lipinski definition) is 1. The first-order valence-corrected chi connectivity index (χ1v) is 7.12. The molecule has 0 aliphatic carbocycles. The molecular weight excluding hydrogens is 288 g/mol. The number of carbonyl (C=O) groups excluding carboxylic acids is 1. The lowest BCUT2D eigenvalue weighted by Crippen LogP contribution is -2.20. The summed E-state index contributed by atoms with van der Waals surface area (Å²) in [6.45, 7) is 0. The summed E-state index contributed by atoms with van der Waals surface area (Å²) >= 11 is 1.43. The fraction of sp³-hybridized carbons (Fsp3) is 0.125. The van der Waals surface area contributed by atoms with E-state index in [2.05, 4.69) is 0 Å². The van der Waals surface area contributed by atoms with Crippen LogP contribution in [0.25, 0.3) is 6.08 Å². The van der Waals surface area contributed by atoms with Crippen LogP contribution in [0.2, 0.25) is 0 Å². The Morgan fingerprint density at radius 2 is 1.90 bits per heavy atom. The van der Waals surface area contributed by atoms with E-state index in [0.29, 0.717) is 5.56 Å². The number of benzene rings is 1. The van der Waals surface area contributed by atoms with Gasteiger partial charge in [-0.1, -0.05) is 36.4 Å². The quantitative estimate of drug-likeness (QED) is 0.680. The molecule has 21 heavy (non-hydrogen) atoms. The smallest absolute Gasteiger partial charge is 0.335 e. The molecule has 0 saturated heterocycles. The van der Waals surface area contributed by atoms with Crippen LogP contribution in [0.5, 0.6) is 0 Å². The number of hydrogen-bond acceptors (Lipinski definition) is 4. The van der Waals surface area contributed by atoms with Crippen molar-refractivity contribution in [3.63, 3.8) is 0 Å².